The second-order valence-electron chi connectivity index (χ2n) is 7.41. The molecule has 0 saturated carbocycles. The van der Waals surface area contributed by atoms with Gasteiger partial charge in [0, 0.05) is 0 Å². The first-order chi connectivity index (χ1) is 14.7. The van der Waals surface area contributed by atoms with Crippen LogP contribution in [0.2, 0.25) is 0 Å². The molecule has 2 rings (SSSR count). The minimum atomic E-state index is -3.68. The minimum absolute atomic E-state index is 0.305. The van der Waals surface area contributed by atoms with Crippen LogP contribution in [-0.2, 0) is 14.8 Å². The Balaban J connectivity index is 2.37. The molecule has 0 bridgehead atoms. The summed E-state index contributed by atoms with van der Waals surface area (Å²) in [5, 5.41) is 3.02. The molecule has 2 aromatic carbocycles. The molecule has 0 unspecified atom stereocenters. The van der Waals surface area contributed by atoms with Crippen LogP contribution < -0.4 is 19.1 Å². The molecule has 0 saturated heterocycles. The molecule has 0 fully saturated rings. The predicted molar refractivity (Wildman–Crippen MR) is 123 cm³/mol. The Morgan fingerprint density at radius 2 is 1.71 bits per heavy atom. The number of methoxy groups -OCH3 is 2. The molecule has 0 radical (unpaired) electrons. The van der Waals surface area contributed by atoms with Crippen molar-refractivity contribution in [3.05, 3.63) is 53.6 Å². The van der Waals surface area contributed by atoms with Crippen LogP contribution >= 0.6 is 0 Å². The summed E-state index contributed by atoms with van der Waals surface area (Å²) in [4.78, 5) is 13.3. The number of nitrogens with one attached hydrogen (secondary N) is 1. The molecule has 2 atom stereocenters. The molecule has 0 aromatic heterocycles. The lowest BCUT2D eigenvalue weighted by Gasteiger charge is -2.31. The molecular formula is C23H32N2O5S. The summed E-state index contributed by atoms with van der Waals surface area (Å²) in [6, 6.07) is 11.4. The van der Waals surface area contributed by atoms with Gasteiger partial charge in [0.1, 0.15) is 6.04 Å². The zero-order valence-corrected chi connectivity index (χ0v) is 19.8. The summed E-state index contributed by atoms with van der Waals surface area (Å²) >= 11 is 0. The van der Waals surface area contributed by atoms with Gasteiger partial charge in [-0.15, -0.1) is 0 Å². The summed E-state index contributed by atoms with van der Waals surface area (Å²) in [6.45, 7) is 5.64. The van der Waals surface area contributed by atoms with Gasteiger partial charge in [-0.05, 0) is 55.2 Å². The fourth-order valence-corrected chi connectivity index (χ4v) is 4.79. The van der Waals surface area contributed by atoms with E-state index in [0.717, 1.165) is 17.4 Å². The zero-order valence-electron chi connectivity index (χ0n) is 19.0. The van der Waals surface area contributed by atoms with Crippen molar-refractivity contribution in [3.8, 4) is 11.5 Å². The third kappa shape index (κ3) is 5.91. The molecule has 170 valence electrons. The summed E-state index contributed by atoms with van der Waals surface area (Å²) in [5.41, 5.74) is 2.24. The number of hydrogen-bond donors (Lipinski definition) is 1. The van der Waals surface area contributed by atoms with Gasteiger partial charge in [0.05, 0.1) is 32.2 Å². The minimum Gasteiger partial charge on any atom is -0.493 e. The van der Waals surface area contributed by atoms with Gasteiger partial charge < -0.3 is 14.8 Å². The van der Waals surface area contributed by atoms with Gasteiger partial charge in [-0.1, -0.05) is 32.0 Å². The van der Waals surface area contributed by atoms with Crippen LogP contribution in [0.5, 0.6) is 11.5 Å². The van der Waals surface area contributed by atoms with Crippen molar-refractivity contribution in [3.63, 3.8) is 0 Å². The van der Waals surface area contributed by atoms with E-state index in [4.69, 9.17) is 9.47 Å². The maximum Gasteiger partial charge on any atom is 0.244 e. The largest absolute Gasteiger partial charge is 0.493 e. The Hall–Kier alpha value is -2.74. The van der Waals surface area contributed by atoms with E-state index in [1.165, 1.54) is 4.31 Å². The van der Waals surface area contributed by atoms with E-state index in [2.05, 4.69) is 5.32 Å². The van der Waals surface area contributed by atoms with Crippen LogP contribution in [0.1, 0.15) is 43.9 Å². The average Bonchev–Trinajstić information content (AvgIpc) is 2.73. The lowest BCUT2D eigenvalue weighted by molar-refractivity contribution is -0.123. The summed E-state index contributed by atoms with van der Waals surface area (Å²) in [6.07, 6.45) is 2.08. The standard InChI is InChI=1S/C23H32N2O5S/c1-7-19(17-12-13-21(29-4)22(15-17)30-5)24-23(26)20(8-2)25(31(6,27)28)18-11-9-10-16(3)14-18/h9-15,19-20H,7-8H2,1-6H3,(H,24,26)/t19-,20+/m1/s1. The lowest BCUT2D eigenvalue weighted by Crippen LogP contribution is -2.50. The Morgan fingerprint density at radius 3 is 2.23 bits per heavy atom. The lowest BCUT2D eigenvalue weighted by atomic mass is 10.0. The SMILES string of the molecule is CC[C@@H](NC(=O)[C@H](CC)N(c1cccc(C)c1)S(C)(=O)=O)c1ccc(OC)c(OC)c1. The molecule has 0 aliphatic rings. The van der Waals surface area contributed by atoms with Crippen molar-refractivity contribution in [1.82, 2.24) is 5.32 Å². The number of aryl methyl sites for hydroxylation is 1. The first kappa shape index (κ1) is 24.5. The van der Waals surface area contributed by atoms with Gasteiger partial charge >= 0.3 is 0 Å². The monoisotopic (exact) mass is 448 g/mol. The first-order valence-electron chi connectivity index (χ1n) is 10.2. The summed E-state index contributed by atoms with van der Waals surface area (Å²) < 4.78 is 37.1. The van der Waals surface area contributed by atoms with Gasteiger partial charge in [-0.25, -0.2) is 8.42 Å². The maximum absolute atomic E-state index is 13.3. The normalized spacial score (nSPS) is 13.2. The molecular weight excluding hydrogens is 416 g/mol. The van der Waals surface area contributed by atoms with E-state index in [-0.39, 0.29) is 11.9 Å². The van der Waals surface area contributed by atoms with E-state index >= 15 is 0 Å². The van der Waals surface area contributed by atoms with Crippen LogP contribution in [0.25, 0.3) is 0 Å². The van der Waals surface area contributed by atoms with Gasteiger partial charge in [0.2, 0.25) is 15.9 Å². The highest BCUT2D eigenvalue weighted by atomic mass is 32.2. The van der Waals surface area contributed by atoms with Gasteiger partial charge in [-0.2, -0.15) is 0 Å². The Kier molecular flexibility index (Phi) is 8.33. The van der Waals surface area contributed by atoms with Gasteiger partial charge in [0.15, 0.2) is 11.5 Å². The highest BCUT2D eigenvalue weighted by molar-refractivity contribution is 7.92. The highest BCUT2D eigenvalue weighted by Gasteiger charge is 2.32. The van der Waals surface area contributed by atoms with Crippen molar-refractivity contribution >= 4 is 21.6 Å². The van der Waals surface area contributed by atoms with E-state index in [9.17, 15) is 13.2 Å². The summed E-state index contributed by atoms with van der Waals surface area (Å²) in [5.74, 6) is 0.815. The third-order valence-electron chi connectivity index (χ3n) is 5.12. The molecule has 1 amide bonds. The molecule has 1 N–H and O–H groups in total. The van der Waals surface area contributed by atoms with Crippen molar-refractivity contribution in [2.24, 2.45) is 0 Å². The molecule has 0 heterocycles. The number of ether oxygens (including phenoxy) is 2. The van der Waals surface area contributed by atoms with Crippen LogP contribution in [0.15, 0.2) is 42.5 Å². The van der Waals surface area contributed by atoms with Crippen molar-refractivity contribution < 1.29 is 22.7 Å². The van der Waals surface area contributed by atoms with E-state index in [1.54, 1.807) is 45.4 Å². The second-order valence-corrected chi connectivity index (χ2v) is 9.27. The van der Waals surface area contributed by atoms with Crippen LogP contribution in [0.3, 0.4) is 0 Å². The fraction of sp³-hybridized carbons (Fsp3) is 0.435. The topological polar surface area (TPSA) is 84.9 Å². The Morgan fingerprint density at radius 1 is 1.03 bits per heavy atom. The molecule has 0 aliphatic heterocycles. The van der Waals surface area contributed by atoms with Crippen LogP contribution in [0.4, 0.5) is 5.69 Å². The van der Waals surface area contributed by atoms with Gasteiger partial charge in [0.25, 0.3) is 0 Å². The zero-order chi connectivity index (χ0) is 23.2. The number of carbonyl (C=O) groups excluding carboxylic acids is 1. The molecule has 0 aliphatic carbocycles. The Bertz CT molecular complexity index is 1010. The number of sulfonamides is 1. The van der Waals surface area contributed by atoms with E-state index in [0.29, 0.717) is 30.0 Å². The number of benzene rings is 2. The first-order valence-corrected chi connectivity index (χ1v) is 12.1. The number of anilines is 1. The quantitative estimate of drug-likeness (QED) is 0.597. The average molecular weight is 449 g/mol. The smallest absolute Gasteiger partial charge is 0.244 e. The number of nitrogens with zero attached hydrogens (tertiary/aromatic N) is 1. The highest BCUT2D eigenvalue weighted by Crippen LogP contribution is 2.31. The molecule has 8 heteroatoms. The maximum atomic E-state index is 13.3. The Labute approximate surface area is 185 Å². The molecule has 0 spiro atoms. The van der Waals surface area contributed by atoms with Crippen molar-refractivity contribution in [2.45, 2.75) is 45.7 Å². The van der Waals surface area contributed by atoms with Crippen molar-refractivity contribution in [2.75, 3.05) is 24.8 Å². The second kappa shape index (κ2) is 10.5. The summed E-state index contributed by atoms with van der Waals surface area (Å²) in [7, 11) is -0.563. The van der Waals surface area contributed by atoms with Crippen LogP contribution in [-0.4, -0.2) is 40.8 Å². The van der Waals surface area contributed by atoms with Crippen molar-refractivity contribution in [1.29, 1.82) is 0 Å². The number of rotatable bonds is 10. The van der Waals surface area contributed by atoms with Crippen LogP contribution in [0, 0.1) is 6.92 Å². The van der Waals surface area contributed by atoms with E-state index < -0.39 is 16.1 Å². The van der Waals surface area contributed by atoms with E-state index in [1.807, 2.05) is 32.0 Å². The fourth-order valence-electron chi connectivity index (χ4n) is 3.58. The third-order valence-corrected chi connectivity index (χ3v) is 6.30. The molecule has 31 heavy (non-hydrogen) atoms. The number of amides is 1. The molecule has 2 aromatic rings. The number of hydrogen-bond acceptors (Lipinski definition) is 5. The number of carbonyl (C=O) groups is 1. The van der Waals surface area contributed by atoms with Gasteiger partial charge in [-0.3, -0.25) is 9.10 Å². The predicted octanol–water partition coefficient (Wildman–Crippen LogP) is 3.82. The molecule has 7 nitrogen and oxygen atoms in total.